The van der Waals surface area contributed by atoms with Gasteiger partial charge in [-0.25, -0.2) is 4.39 Å². The smallest absolute Gasteiger partial charge is 0.307 e. The Kier molecular flexibility index (Phi) is 7.75. The van der Waals surface area contributed by atoms with Crippen molar-refractivity contribution in [1.82, 2.24) is 0 Å². The van der Waals surface area contributed by atoms with Gasteiger partial charge in [-0.1, -0.05) is 11.6 Å². The van der Waals surface area contributed by atoms with Gasteiger partial charge in [0.15, 0.2) is 11.6 Å². The Morgan fingerprint density at radius 3 is 2.63 bits per heavy atom. The molecule has 1 aromatic rings. The van der Waals surface area contributed by atoms with Crippen molar-refractivity contribution in [1.29, 1.82) is 0 Å². The van der Waals surface area contributed by atoms with Crippen LogP contribution < -0.4 is 10.5 Å². The number of rotatable bonds is 5. The van der Waals surface area contributed by atoms with Crippen LogP contribution in [0.4, 0.5) is 4.39 Å². The van der Waals surface area contributed by atoms with E-state index in [0.717, 1.165) is 0 Å². The molecular formula is C12H16Cl2FNO3. The van der Waals surface area contributed by atoms with Gasteiger partial charge in [-0.3, -0.25) is 4.79 Å². The summed E-state index contributed by atoms with van der Waals surface area (Å²) in [5.41, 5.74) is 6.19. The molecule has 0 aliphatic carbocycles. The third-order valence-corrected chi connectivity index (χ3v) is 2.63. The van der Waals surface area contributed by atoms with E-state index in [-0.39, 0.29) is 29.6 Å². The van der Waals surface area contributed by atoms with Crippen molar-refractivity contribution in [2.45, 2.75) is 19.4 Å². The minimum atomic E-state index is -0.667. The molecule has 1 rings (SSSR count). The van der Waals surface area contributed by atoms with Crippen LogP contribution in [0, 0.1) is 5.82 Å². The van der Waals surface area contributed by atoms with Crippen molar-refractivity contribution in [3.63, 3.8) is 0 Å². The number of methoxy groups -OCH3 is 1. The van der Waals surface area contributed by atoms with Crippen LogP contribution in [-0.4, -0.2) is 19.7 Å². The van der Waals surface area contributed by atoms with Gasteiger partial charge in [0.05, 0.1) is 25.2 Å². The van der Waals surface area contributed by atoms with Gasteiger partial charge in [-0.2, -0.15) is 0 Å². The number of benzene rings is 1. The molecule has 0 spiro atoms. The van der Waals surface area contributed by atoms with Gasteiger partial charge in [0.2, 0.25) is 0 Å². The second-order valence-electron chi connectivity index (χ2n) is 3.63. The average Bonchev–Trinajstić information content (AvgIpc) is 2.33. The van der Waals surface area contributed by atoms with Crippen LogP contribution >= 0.6 is 24.0 Å². The topological polar surface area (TPSA) is 61.5 Å². The van der Waals surface area contributed by atoms with Crippen molar-refractivity contribution in [2.75, 3.05) is 13.7 Å². The molecule has 1 atom stereocenters. The van der Waals surface area contributed by atoms with Crippen LogP contribution in [0.25, 0.3) is 0 Å². The highest BCUT2D eigenvalue weighted by Crippen LogP contribution is 2.31. The molecule has 4 nitrogen and oxygen atoms in total. The molecular weight excluding hydrogens is 296 g/mol. The summed E-state index contributed by atoms with van der Waals surface area (Å²) in [7, 11) is 1.26. The molecule has 0 unspecified atom stereocenters. The van der Waals surface area contributed by atoms with Gasteiger partial charge in [0.1, 0.15) is 0 Å². The Bertz CT molecular complexity index is 420. The van der Waals surface area contributed by atoms with Gasteiger partial charge in [-0.05, 0) is 24.6 Å². The highest BCUT2D eigenvalue weighted by Gasteiger charge is 2.17. The number of ether oxygens (including phenoxy) is 2. The molecule has 1 aromatic carbocycles. The number of carbonyl (C=O) groups excluding carboxylic acids is 1. The van der Waals surface area contributed by atoms with Gasteiger partial charge >= 0.3 is 5.97 Å². The minimum Gasteiger partial charge on any atom is -0.489 e. The standard InChI is InChI=1S/C12H15ClFNO3.ClH/c1-3-18-12-8(13)4-7(5-9(12)14)10(15)6-11(16)17-2;/h4-5,10H,3,6,15H2,1-2H3;1H/t10-;/m0./s1. The highest BCUT2D eigenvalue weighted by molar-refractivity contribution is 6.32. The van der Waals surface area contributed by atoms with Gasteiger partial charge in [0.25, 0.3) is 0 Å². The maximum absolute atomic E-state index is 13.7. The number of hydrogen-bond donors (Lipinski definition) is 1. The lowest BCUT2D eigenvalue weighted by atomic mass is 10.0. The molecule has 0 saturated heterocycles. The largest absolute Gasteiger partial charge is 0.489 e. The lowest BCUT2D eigenvalue weighted by Crippen LogP contribution is -2.16. The Labute approximate surface area is 122 Å². The normalized spacial score (nSPS) is 11.4. The number of hydrogen-bond acceptors (Lipinski definition) is 4. The van der Waals surface area contributed by atoms with Crippen LogP contribution in [0.15, 0.2) is 12.1 Å². The molecule has 0 aliphatic rings. The van der Waals surface area contributed by atoms with Crippen molar-refractivity contribution in [3.8, 4) is 5.75 Å². The number of esters is 1. The van der Waals surface area contributed by atoms with Gasteiger partial charge in [-0.15, -0.1) is 12.4 Å². The molecule has 0 aromatic heterocycles. The van der Waals surface area contributed by atoms with E-state index in [4.69, 9.17) is 22.1 Å². The van der Waals surface area contributed by atoms with Gasteiger partial charge < -0.3 is 15.2 Å². The second kappa shape index (κ2) is 8.19. The minimum absolute atomic E-state index is 0. The third-order valence-electron chi connectivity index (χ3n) is 2.35. The summed E-state index contributed by atoms with van der Waals surface area (Å²) in [5, 5.41) is 0.132. The summed E-state index contributed by atoms with van der Waals surface area (Å²) < 4.78 is 23.3. The molecule has 108 valence electrons. The quantitative estimate of drug-likeness (QED) is 0.849. The van der Waals surface area contributed by atoms with E-state index in [1.807, 2.05) is 0 Å². The molecule has 0 saturated carbocycles. The zero-order valence-electron chi connectivity index (χ0n) is 10.6. The van der Waals surface area contributed by atoms with Crippen molar-refractivity contribution < 1.29 is 18.7 Å². The monoisotopic (exact) mass is 311 g/mol. The third kappa shape index (κ3) is 4.86. The summed E-state index contributed by atoms with van der Waals surface area (Å²) in [4.78, 5) is 11.1. The fourth-order valence-corrected chi connectivity index (χ4v) is 1.73. The van der Waals surface area contributed by atoms with Crippen LogP contribution in [0.3, 0.4) is 0 Å². The number of nitrogens with two attached hydrogens (primary N) is 1. The Morgan fingerprint density at radius 1 is 1.53 bits per heavy atom. The van der Waals surface area contributed by atoms with E-state index in [2.05, 4.69) is 4.74 Å². The van der Waals surface area contributed by atoms with E-state index in [0.29, 0.717) is 12.2 Å². The van der Waals surface area contributed by atoms with Crippen LogP contribution in [0.2, 0.25) is 5.02 Å². The lowest BCUT2D eigenvalue weighted by molar-refractivity contribution is -0.141. The van der Waals surface area contributed by atoms with Crippen LogP contribution in [0.1, 0.15) is 24.9 Å². The summed E-state index contributed by atoms with van der Waals surface area (Å²) in [6.45, 7) is 2.04. The molecule has 0 radical (unpaired) electrons. The Balaban J connectivity index is 0.00000324. The first-order valence-electron chi connectivity index (χ1n) is 5.43. The second-order valence-corrected chi connectivity index (χ2v) is 4.04. The summed E-state index contributed by atoms with van der Waals surface area (Å²) in [6.07, 6.45) is -0.0414. The van der Waals surface area contributed by atoms with E-state index in [9.17, 15) is 9.18 Å². The first kappa shape index (κ1) is 18.0. The predicted octanol–water partition coefficient (Wildman–Crippen LogP) is 2.86. The Hall–Kier alpha value is -1.04. The van der Waals surface area contributed by atoms with E-state index in [1.54, 1.807) is 6.92 Å². The van der Waals surface area contributed by atoms with Crippen LogP contribution in [0.5, 0.6) is 5.75 Å². The molecule has 0 aliphatic heterocycles. The molecule has 0 bridgehead atoms. The zero-order valence-corrected chi connectivity index (χ0v) is 12.2. The van der Waals surface area contributed by atoms with E-state index < -0.39 is 17.8 Å². The molecule has 19 heavy (non-hydrogen) atoms. The SMILES string of the molecule is CCOc1c(F)cc([C@@H](N)CC(=O)OC)cc1Cl.Cl. The number of halogens is 3. The van der Waals surface area contributed by atoms with Crippen molar-refractivity contribution in [3.05, 3.63) is 28.5 Å². The average molecular weight is 312 g/mol. The summed E-state index contributed by atoms with van der Waals surface area (Å²) >= 11 is 5.89. The lowest BCUT2D eigenvalue weighted by Gasteiger charge is -2.14. The zero-order chi connectivity index (χ0) is 13.7. The van der Waals surface area contributed by atoms with E-state index in [1.165, 1.54) is 19.2 Å². The first-order chi connectivity index (χ1) is 8.49. The predicted molar refractivity (Wildman–Crippen MR) is 73.4 cm³/mol. The van der Waals surface area contributed by atoms with Crippen molar-refractivity contribution >= 4 is 30.0 Å². The number of carbonyl (C=O) groups is 1. The Morgan fingerprint density at radius 2 is 2.16 bits per heavy atom. The molecule has 0 amide bonds. The summed E-state index contributed by atoms with van der Waals surface area (Å²) in [5.74, 6) is -1.07. The van der Waals surface area contributed by atoms with Crippen molar-refractivity contribution in [2.24, 2.45) is 5.73 Å². The molecule has 2 N–H and O–H groups in total. The fourth-order valence-electron chi connectivity index (χ4n) is 1.46. The van der Waals surface area contributed by atoms with Crippen LogP contribution in [-0.2, 0) is 9.53 Å². The summed E-state index contributed by atoms with van der Waals surface area (Å²) in [6, 6.07) is 2.04. The van der Waals surface area contributed by atoms with E-state index >= 15 is 0 Å². The van der Waals surface area contributed by atoms with Gasteiger partial charge in [0, 0.05) is 6.04 Å². The molecule has 0 heterocycles. The maximum atomic E-state index is 13.7. The first-order valence-corrected chi connectivity index (χ1v) is 5.81. The molecule has 7 heteroatoms. The fraction of sp³-hybridized carbons (Fsp3) is 0.417. The maximum Gasteiger partial charge on any atom is 0.307 e. The highest BCUT2D eigenvalue weighted by atomic mass is 35.5. The molecule has 0 fully saturated rings.